The molecular formula is C6H5NO2. The molecule has 0 aromatic heterocycles. The Morgan fingerprint density at radius 3 is 1.56 bits per heavy atom. The van der Waals surface area contributed by atoms with Crippen molar-refractivity contribution in [3.8, 4) is 12.8 Å². The summed E-state index contributed by atoms with van der Waals surface area (Å²) >= 11 is 0. The molecule has 0 aliphatic carbocycles. The zero-order valence-corrected chi connectivity index (χ0v) is 4.63. The van der Waals surface area contributed by atoms with Crippen molar-refractivity contribution in [3.63, 3.8) is 0 Å². The van der Waals surface area contributed by atoms with Gasteiger partial charge in [-0.25, -0.2) is 0 Å². The van der Waals surface area contributed by atoms with Gasteiger partial charge in [0, 0.05) is 12.2 Å². The Morgan fingerprint density at radius 2 is 1.44 bits per heavy atom. The third-order valence-corrected chi connectivity index (χ3v) is 0.632. The fraction of sp³-hybridized carbons (Fsp3) is 0. The molecule has 1 N–H and O–H groups in total. The maximum absolute atomic E-state index is 10.0. The fourth-order valence-corrected chi connectivity index (χ4v) is 0.356. The van der Waals surface area contributed by atoms with Gasteiger partial charge >= 0.3 is 0 Å². The van der Waals surface area contributed by atoms with Crippen LogP contribution in [-0.4, -0.2) is 11.8 Å². The summed E-state index contributed by atoms with van der Waals surface area (Å²) < 4.78 is 0. The van der Waals surface area contributed by atoms with Crippen molar-refractivity contribution in [2.75, 3.05) is 0 Å². The van der Waals surface area contributed by atoms with Crippen LogP contribution in [0.25, 0.3) is 0 Å². The molecule has 9 heavy (non-hydrogen) atoms. The van der Waals surface area contributed by atoms with Crippen molar-refractivity contribution < 1.29 is 9.59 Å². The molecule has 1 aliphatic heterocycles. The number of carbonyl (C=O) groups excluding carboxylic acids is 2. The van der Waals surface area contributed by atoms with Crippen LogP contribution in [-0.2, 0) is 9.59 Å². The molecule has 0 radical (unpaired) electrons. The highest BCUT2D eigenvalue weighted by atomic mass is 16.2. The SMILES string of the molecule is C#C.O=C1C=CC(=O)N1. The monoisotopic (exact) mass is 123 g/mol. The van der Waals surface area contributed by atoms with Gasteiger partial charge in [0.1, 0.15) is 0 Å². The Bertz CT molecular complexity index is 163. The summed E-state index contributed by atoms with van der Waals surface area (Å²) in [6.45, 7) is 0. The van der Waals surface area contributed by atoms with Crippen LogP contribution in [0.3, 0.4) is 0 Å². The van der Waals surface area contributed by atoms with E-state index in [1.807, 2.05) is 5.32 Å². The van der Waals surface area contributed by atoms with Crippen LogP contribution in [0.2, 0.25) is 0 Å². The van der Waals surface area contributed by atoms with E-state index in [1.54, 1.807) is 0 Å². The lowest BCUT2D eigenvalue weighted by molar-refractivity contribution is -0.123. The molecule has 0 bridgehead atoms. The minimum atomic E-state index is -0.329. The highest BCUT2D eigenvalue weighted by molar-refractivity contribution is 6.12. The van der Waals surface area contributed by atoms with Gasteiger partial charge in [-0.2, -0.15) is 0 Å². The first-order chi connectivity index (χ1) is 4.29. The van der Waals surface area contributed by atoms with Crippen molar-refractivity contribution in [2.24, 2.45) is 0 Å². The lowest BCUT2D eigenvalue weighted by Crippen LogP contribution is -2.19. The number of amides is 2. The van der Waals surface area contributed by atoms with E-state index in [0.29, 0.717) is 0 Å². The average Bonchev–Trinajstić information content (AvgIpc) is 2.20. The predicted molar refractivity (Wildman–Crippen MR) is 32.2 cm³/mol. The number of carbonyl (C=O) groups is 2. The van der Waals surface area contributed by atoms with Gasteiger partial charge < -0.3 is 0 Å². The fourth-order valence-electron chi connectivity index (χ4n) is 0.356. The van der Waals surface area contributed by atoms with Gasteiger partial charge in [-0.3, -0.25) is 14.9 Å². The van der Waals surface area contributed by atoms with Gasteiger partial charge in [-0.15, -0.1) is 12.8 Å². The predicted octanol–water partition coefficient (Wildman–Crippen LogP) is -0.552. The highest BCUT2D eigenvalue weighted by Crippen LogP contribution is 1.82. The number of imide groups is 1. The number of nitrogens with one attached hydrogen (secondary N) is 1. The second-order valence-corrected chi connectivity index (χ2v) is 1.19. The molecule has 1 aliphatic rings. The molecule has 0 atom stereocenters. The second kappa shape index (κ2) is 3.44. The van der Waals surface area contributed by atoms with Crippen molar-refractivity contribution in [1.29, 1.82) is 0 Å². The van der Waals surface area contributed by atoms with Crippen LogP contribution in [0.5, 0.6) is 0 Å². The van der Waals surface area contributed by atoms with E-state index in [4.69, 9.17) is 0 Å². The van der Waals surface area contributed by atoms with Crippen LogP contribution in [0.4, 0.5) is 0 Å². The molecule has 0 saturated heterocycles. The maximum atomic E-state index is 10.0. The lowest BCUT2D eigenvalue weighted by Gasteiger charge is -1.80. The van der Waals surface area contributed by atoms with E-state index in [0.717, 1.165) is 0 Å². The van der Waals surface area contributed by atoms with E-state index in [2.05, 4.69) is 12.8 Å². The third kappa shape index (κ3) is 2.29. The first-order valence-electron chi connectivity index (χ1n) is 2.15. The summed E-state index contributed by atoms with van der Waals surface area (Å²) in [5.74, 6) is -0.657. The van der Waals surface area contributed by atoms with Gasteiger partial charge in [-0.1, -0.05) is 0 Å². The van der Waals surface area contributed by atoms with E-state index in [1.165, 1.54) is 12.2 Å². The quantitative estimate of drug-likeness (QED) is 0.347. The molecule has 3 nitrogen and oxygen atoms in total. The maximum Gasteiger partial charge on any atom is 0.250 e. The normalized spacial score (nSPS) is 14.0. The molecular weight excluding hydrogens is 118 g/mol. The van der Waals surface area contributed by atoms with Gasteiger partial charge in [0.25, 0.3) is 11.8 Å². The molecule has 0 saturated carbocycles. The molecule has 0 unspecified atom stereocenters. The largest absolute Gasteiger partial charge is 0.289 e. The summed E-state index contributed by atoms with van der Waals surface area (Å²) in [5.41, 5.74) is 0. The second-order valence-electron chi connectivity index (χ2n) is 1.19. The van der Waals surface area contributed by atoms with E-state index < -0.39 is 0 Å². The molecule has 3 heteroatoms. The van der Waals surface area contributed by atoms with Gasteiger partial charge in [0.15, 0.2) is 0 Å². The zero-order valence-electron chi connectivity index (χ0n) is 4.63. The van der Waals surface area contributed by atoms with Crippen molar-refractivity contribution >= 4 is 11.8 Å². The molecule has 0 aromatic rings. The Morgan fingerprint density at radius 1 is 1.11 bits per heavy atom. The summed E-state index contributed by atoms with van der Waals surface area (Å²) in [6, 6.07) is 0. The number of terminal acetylenes is 1. The van der Waals surface area contributed by atoms with Crippen LogP contribution < -0.4 is 5.32 Å². The Kier molecular flexibility index (Phi) is 2.85. The van der Waals surface area contributed by atoms with E-state index in [-0.39, 0.29) is 11.8 Å². The highest BCUT2D eigenvalue weighted by Gasteiger charge is 2.06. The van der Waals surface area contributed by atoms with Crippen molar-refractivity contribution in [1.82, 2.24) is 5.32 Å². The summed E-state index contributed by atoms with van der Waals surface area (Å²) in [5, 5.41) is 2.03. The van der Waals surface area contributed by atoms with Gasteiger partial charge in [0.05, 0.1) is 0 Å². The zero-order chi connectivity index (χ0) is 7.28. The van der Waals surface area contributed by atoms with Crippen LogP contribution in [0, 0.1) is 12.8 Å². The molecule has 1 rings (SSSR count). The lowest BCUT2D eigenvalue weighted by atomic mass is 10.6. The number of hydrogen-bond donors (Lipinski definition) is 1. The molecule has 2 amide bonds. The van der Waals surface area contributed by atoms with E-state index >= 15 is 0 Å². The van der Waals surface area contributed by atoms with Gasteiger partial charge in [0.2, 0.25) is 0 Å². The van der Waals surface area contributed by atoms with E-state index in [9.17, 15) is 9.59 Å². The third-order valence-electron chi connectivity index (χ3n) is 0.632. The topological polar surface area (TPSA) is 46.2 Å². The Labute approximate surface area is 52.7 Å². The Hall–Kier alpha value is -1.56. The summed E-state index contributed by atoms with van der Waals surface area (Å²) in [6.07, 6.45) is 10.4. The number of hydrogen-bond acceptors (Lipinski definition) is 2. The molecule has 0 aromatic carbocycles. The Balaban J connectivity index is 0.000000291. The summed E-state index contributed by atoms with van der Waals surface area (Å²) in [4.78, 5) is 20.1. The minimum Gasteiger partial charge on any atom is -0.289 e. The first kappa shape index (κ1) is 7.44. The standard InChI is InChI=1S/C4H3NO2.C2H2/c6-3-1-2-4(7)5-3;1-2/h1-2H,(H,5,6,7);1-2H. The van der Waals surface area contributed by atoms with Crippen LogP contribution >= 0.6 is 0 Å². The molecule has 0 spiro atoms. The summed E-state index contributed by atoms with van der Waals surface area (Å²) in [7, 11) is 0. The van der Waals surface area contributed by atoms with Crippen molar-refractivity contribution in [3.05, 3.63) is 12.2 Å². The van der Waals surface area contributed by atoms with Crippen LogP contribution in [0.15, 0.2) is 12.2 Å². The molecule has 46 valence electrons. The minimum absolute atomic E-state index is 0.329. The average molecular weight is 123 g/mol. The smallest absolute Gasteiger partial charge is 0.250 e. The number of rotatable bonds is 0. The van der Waals surface area contributed by atoms with Gasteiger partial charge in [-0.05, 0) is 0 Å². The van der Waals surface area contributed by atoms with Crippen molar-refractivity contribution in [2.45, 2.75) is 0 Å². The first-order valence-corrected chi connectivity index (χ1v) is 2.15. The molecule has 0 fully saturated rings. The molecule has 1 heterocycles. The van der Waals surface area contributed by atoms with Crippen LogP contribution in [0.1, 0.15) is 0 Å².